The van der Waals surface area contributed by atoms with E-state index in [4.69, 9.17) is 4.74 Å². The number of ether oxygens (including phenoxy) is 1. The first-order valence-corrected chi connectivity index (χ1v) is 15.9. The second-order valence-electron chi connectivity index (χ2n) is 12.0. The van der Waals surface area contributed by atoms with Crippen LogP contribution in [0, 0.1) is 5.92 Å². The quantitative estimate of drug-likeness (QED) is 0.570. The van der Waals surface area contributed by atoms with Gasteiger partial charge in [0.25, 0.3) is 5.91 Å². The first kappa shape index (κ1) is 26.3. The van der Waals surface area contributed by atoms with E-state index in [-0.39, 0.29) is 41.5 Å². The zero-order valence-corrected chi connectivity index (χ0v) is 23.3. The maximum absolute atomic E-state index is 14.0. The first-order chi connectivity index (χ1) is 18.5. The molecular weight excluding hydrogens is 498 g/mol. The lowest BCUT2D eigenvalue weighted by Crippen LogP contribution is -2.55. The highest BCUT2D eigenvalue weighted by Crippen LogP contribution is 2.37. The van der Waals surface area contributed by atoms with Crippen molar-refractivity contribution < 1.29 is 19.1 Å². The number of carbonyl (C=O) groups is 3. The Morgan fingerprint density at radius 3 is 2.37 bits per heavy atom. The molecule has 7 nitrogen and oxygen atoms in total. The molecule has 0 radical (unpaired) electrons. The average molecular weight is 540 g/mol. The summed E-state index contributed by atoms with van der Waals surface area (Å²) in [5.41, 5.74) is 1.90. The van der Waals surface area contributed by atoms with Crippen LogP contribution in [-0.4, -0.2) is 89.4 Å². The molecule has 8 heteroatoms. The maximum Gasteiger partial charge on any atom is 0.251 e. The van der Waals surface area contributed by atoms with E-state index < -0.39 is 12.1 Å². The van der Waals surface area contributed by atoms with Crippen LogP contribution in [0.4, 0.5) is 0 Å². The van der Waals surface area contributed by atoms with Gasteiger partial charge >= 0.3 is 0 Å². The minimum Gasteiger partial charge on any atom is -0.367 e. The van der Waals surface area contributed by atoms with Crippen LogP contribution >= 0.6 is 11.8 Å². The van der Waals surface area contributed by atoms with Gasteiger partial charge in [0.1, 0.15) is 18.7 Å². The van der Waals surface area contributed by atoms with E-state index >= 15 is 0 Å². The summed E-state index contributed by atoms with van der Waals surface area (Å²) in [7, 11) is 0. The van der Waals surface area contributed by atoms with Gasteiger partial charge in [-0.25, -0.2) is 0 Å². The van der Waals surface area contributed by atoms with Crippen LogP contribution in [0.3, 0.4) is 0 Å². The number of ketones is 1. The highest BCUT2D eigenvalue weighted by molar-refractivity contribution is 7.99. The van der Waals surface area contributed by atoms with E-state index in [0.717, 1.165) is 31.7 Å². The van der Waals surface area contributed by atoms with Crippen molar-refractivity contribution in [1.82, 2.24) is 15.1 Å². The number of nitrogens with one attached hydrogen (secondary N) is 1. The summed E-state index contributed by atoms with van der Waals surface area (Å²) in [6.45, 7) is 2.91. The third-order valence-electron chi connectivity index (χ3n) is 9.63. The molecule has 0 spiro atoms. The highest BCUT2D eigenvalue weighted by Gasteiger charge is 2.53. The van der Waals surface area contributed by atoms with Crippen LogP contribution in [0.15, 0.2) is 24.3 Å². The Kier molecular flexibility index (Phi) is 7.83. The van der Waals surface area contributed by atoms with E-state index in [2.05, 4.69) is 22.3 Å². The van der Waals surface area contributed by atoms with E-state index in [1.165, 1.54) is 50.8 Å². The third-order valence-corrected chi connectivity index (χ3v) is 10.7. The Hall–Kier alpha value is -1.90. The van der Waals surface area contributed by atoms with Crippen molar-refractivity contribution in [2.45, 2.75) is 93.2 Å². The molecule has 0 aromatic heterocycles. The number of hydrogen-bond acceptors (Lipinski definition) is 6. The summed E-state index contributed by atoms with van der Waals surface area (Å²) in [6.07, 6.45) is 12.0. The minimum absolute atomic E-state index is 0.0211. The van der Waals surface area contributed by atoms with Crippen molar-refractivity contribution in [3.8, 4) is 0 Å². The monoisotopic (exact) mass is 539 g/mol. The molecule has 1 N–H and O–H groups in total. The number of carbonyl (C=O) groups excluding carboxylic acids is 3. The molecule has 4 atom stereocenters. The number of benzene rings is 1. The van der Waals surface area contributed by atoms with Gasteiger partial charge in [-0.3, -0.25) is 14.4 Å². The molecule has 3 aliphatic heterocycles. The minimum atomic E-state index is -0.608. The number of rotatable bonds is 7. The average Bonchev–Trinajstić information content (AvgIpc) is 3.65. The van der Waals surface area contributed by atoms with Gasteiger partial charge in [0.05, 0.1) is 11.4 Å². The summed E-state index contributed by atoms with van der Waals surface area (Å²) >= 11 is 1.65. The first-order valence-electron chi connectivity index (χ1n) is 14.7. The van der Waals surface area contributed by atoms with Gasteiger partial charge in [0.15, 0.2) is 5.78 Å². The van der Waals surface area contributed by atoms with Crippen LogP contribution in [0.25, 0.3) is 0 Å². The third kappa shape index (κ3) is 5.28. The molecule has 2 amide bonds. The Morgan fingerprint density at radius 2 is 1.71 bits per heavy atom. The smallest absolute Gasteiger partial charge is 0.251 e. The lowest BCUT2D eigenvalue weighted by atomic mass is 9.83. The fourth-order valence-corrected chi connectivity index (χ4v) is 8.05. The van der Waals surface area contributed by atoms with E-state index in [9.17, 15) is 14.4 Å². The van der Waals surface area contributed by atoms with Crippen molar-refractivity contribution >= 4 is 29.4 Å². The number of Topliss-reactive ketones (excluding diaryl/α,β-unsaturated/α-hetero) is 1. The van der Waals surface area contributed by atoms with Crippen molar-refractivity contribution in [2.75, 3.05) is 32.5 Å². The van der Waals surface area contributed by atoms with Crippen molar-refractivity contribution in [3.63, 3.8) is 0 Å². The Balaban J connectivity index is 1.14. The van der Waals surface area contributed by atoms with Crippen LogP contribution < -0.4 is 5.32 Å². The van der Waals surface area contributed by atoms with Gasteiger partial charge in [0, 0.05) is 18.2 Å². The normalized spacial score (nSPS) is 29.9. The highest BCUT2D eigenvalue weighted by atomic mass is 32.2. The van der Waals surface area contributed by atoms with Gasteiger partial charge in [-0.2, -0.15) is 11.8 Å². The molecule has 1 aromatic carbocycles. The molecule has 2 aliphatic carbocycles. The molecule has 1 aromatic rings. The maximum atomic E-state index is 14.0. The van der Waals surface area contributed by atoms with E-state index in [1.54, 1.807) is 16.7 Å². The SMILES string of the molecule is CS[C@H]1CN(C(=O)[C@@H](NC(=O)c2ccc(C3CCN(C4CC4)CC3)cc2)C2CCCCC2)[C@@H]2C(=O)CO[C@H]12. The largest absolute Gasteiger partial charge is 0.367 e. The molecule has 0 bridgehead atoms. The number of nitrogens with zero attached hydrogens (tertiary/aromatic N) is 2. The van der Waals surface area contributed by atoms with Crippen LogP contribution in [0.2, 0.25) is 0 Å². The van der Waals surface area contributed by atoms with Crippen LogP contribution in [-0.2, 0) is 14.3 Å². The zero-order valence-electron chi connectivity index (χ0n) is 22.5. The van der Waals surface area contributed by atoms with Gasteiger partial charge < -0.3 is 19.9 Å². The predicted octanol–water partition coefficient (Wildman–Crippen LogP) is 3.62. The Morgan fingerprint density at radius 1 is 1.00 bits per heavy atom. The number of likely N-dealkylation sites (tertiary alicyclic amines) is 2. The molecule has 5 aliphatic rings. The standard InChI is InChI=1S/C30H41N3O4S/c1-38-25-17-33(27-24(34)18-37-28(25)27)30(36)26(21-5-3-2-4-6-21)31-29(35)22-9-7-19(8-10-22)20-13-15-32(16-14-20)23-11-12-23/h7-10,20-21,23,25-28H,2-6,11-18H2,1H3,(H,31,35)/t25-,26-,27+,28+/m0/s1. The Labute approximate surface area is 230 Å². The number of piperidine rings is 1. The molecular formula is C30H41N3O4S. The lowest BCUT2D eigenvalue weighted by Gasteiger charge is -2.34. The van der Waals surface area contributed by atoms with E-state index in [1.807, 2.05) is 18.4 Å². The molecule has 3 saturated heterocycles. The molecule has 2 saturated carbocycles. The van der Waals surface area contributed by atoms with Gasteiger partial charge in [0.2, 0.25) is 5.91 Å². The zero-order chi connectivity index (χ0) is 26.2. The van der Waals surface area contributed by atoms with Gasteiger partial charge in [-0.1, -0.05) is 31.4 Å². The summed E-state index contributed by atoms with van der Waals surface area (Å²) in [5, 5.41) is 3.22. The number of hydrogen-bond donors (Lipinski definition) is 1. The molecule has 3 heterocycles. The fraction of sp³-hybridized carbons (Fsp3) is 0.700. The molecule has 206 valence electrons. The predicted molar refractivity (Wildman–Crippen MR) is 148 cm³/mol. The molecule has 5 fully saturated rings. The van der Waals surface area contributed by atoms with Gasteiger partial charge in [-0.05, 0) is 87.4 Å². The number of fused-ring (bicyclic) bond motifs is 1. The topological polar surface area (TPSA) is 79.0 Å². The second kappa shape index (κ2) is 11.3. The summed E-state index contributed by atoms with van der Waals surface area (Å²) in [4.78, 5) is 44.5. The molecule has 6 rings (SSSR count). The molecule has 0 unspecified atom stereocenters. The van der Waals surface area contributed by atoms with Crippen molar-refractivity contribution in [1.29, 1.82) is 0 Å². The fourth-order valence-electron chi connectivity index (χ4n) is 7.24. The van der Waals surface area contributed by atoms with Crippen molar-refractivity contribution in [2.24, 2.45) is 5.92 Å². The summed E-state index contributed by atoms with van der Waals surface area (Å²) in [6, 6.07) is 7.75. The summed E-state index contributed by atoms with van der Waals surface area (Å²) in [5.74, 6) is 0.315. The number of thioether (sulfide) groups is 1. The second-order valence-corrected chi connectivity index (χ2v) is 13.0. The Bertz CT molecular complexity index is 1030. The lowest BCUT2D eigenvalue weighted by molar-refractivity contribution is -0.139. The van der Waals surface area contributed by atoms with Crippen LogP contribution in [0.5, 0.6) is 0 Å². The molecule has 38 heavy (non-hydrogen) atoms. The van der Waals surface area contributed by atoms with E-state index in [0.29, 0.717) is 18.0 Å². The van der Waals surface area contributed by atoms with Gasteiger partial charge in [-0.15, -0.1) is 0 Å². The number of amides is 2. The van der Waals surface area contributed by atoms with Crippen LogP contribution in [0.1, 0.15) is 79.6 Å². The summed E-state index contributed by atoms with van der Waals surface area (Å²) < 4.78 is 5.78. The van der Waals surface area contributed by atoms with Crippen molar-refractivity contribution in [3.05, 3.63) is 35.4 Å².